The molecular weight excluding hydrogens is 801 g/mol. The summed E-state index contributed by atoms with van der Waals surface area (Å²) in [5.41, 5.74) is 7.27. The van der Waals surface area contributed by atoms with Crippen molar-refractivity contribution in [2.45, 2.75) is 0 Å². The smallest absolute Gasteiger partial charge is 0.194 e. The molecule has 0 unspecified atom stereocenters. The molecule has 17 rings (SSSR count). The summed E-state index contributed by atoms with van der Waals surface area (Å²) in [4.78, 5) is 27.0. The number of benzene rings is 15. The molecule has 0 saturated carbocycles. The SMILES string of the molecule is O=C1c2ccccc2-c2ccc3c4ccc5c6c(ccc(c7ccc1c2c73)c64)-c1ccccc1C5=O.c1ccc2c(c1)cc1ccc3cc4c5ccccc5cc5ccc6cc2c1c3c6c54. The molecule has 15 aromatic rings. The molecule has 0 N–H and O–H groups in total. The first-order valence-corrected chi connectivity index (χ1v) is 22.7. The summed E-state index contributed by atoms with van der Waals surface area (Å²) < 4.78 is 0. The molecule has 2 heteroatoms. The standard InChI is InChI=1S/C34H16O2.C30H16/c35-33-25-7-3-1-5-17(25)19-9-11-21-24-14-16-28-32-20(18-6-2-4-8-26(18)34(28)36)10-12-22(30(24)32)23-13-15-27(33)31(19)29(21)23;1-3-7-23-17(5-1)13-19-9-11-22-16-26-24-8-4-2-6-18(24)14-20-10-12-21-15-25(23)27(19)29(22)30(21)28(20)26/h1-16H;1-16H. The number of fused-ring (bicyclic) bond motifs is 10. The van der Waals surface area contributed by atoms with Crippen molar-refractivity contribution < 1.29 is 9.59 Å². The molecule has 0 fully saturated rings. The zero-order valence-corrected chi connectivity index (χ0v) is 35.3. The predicted octanol–water partition coefficient (Wildman–Crippen LogP) is 16.8. The van der Waals surface area contributed by atoms with Crippen LogP contribution in [0.3, 0.4) is 0 Å². The summed E-state index contributed by atoms with van der Waals surface area (Å²) >= 11 is 0. The molecule has 0 aliphatic heterocycles. The number of rotatable bonds is 0. The molecule has 15 aromatic carbocycles. The van der Waals surface area contributed by atoms with Gasteiger partial charge in [-0.05, 0) is 166 Å². The molecule has 0 aromatic heterocycles. The van der Waals surface area contributed by atoms with E-state index in [2.05, 4.69) is 133 Å². The van der Waals surface area contributed by atoms with E-state index in [4.69, 9.17) is 0 Å². The Bertz CT molecular complexity index is 4400. The lowest BCUT2D eigenvalue weighted by atomic mass is 9.77. The molecule has 0 spiro atoms. The first-order valence-electron chi connectivity index (χ1n) is 22.7. The number of ketones is 2. The minimum Gasteiger partial charge on any atom is -0.289 e. The van der Waals surface area contributed by atoms with E-state index in [1.54, 1.807) is 0 Å². The van der Waals surface area contributed by atoms with Gasteiger partial charge in [0.15, 0.2) is 11.6 Å². The van der Waals surface area contributed by atoms with Gasteiger partial charge in [-0.15, -0.1) is 0 Å². The second-order valence-electron chi connectivity index (χ2n) is 18.5. The van der Waals surface area contributed by atoms with Crippen LogP contribution >= 0.6 is 0 Å². The van der Waals surface area contributed by atoms with E-state index in [-0.39, 0.29) is 11.6 Å². The summed E-state index contributed by atoms with van der Waals surface area (Å²) in [7, 11) is 0. The number of hydrogen-bond acceptors (Lipinski definition) is 2. The third kappa shape index (κ3) is 4.18. The first-order chi connectivity index (χ1) is 32.6. The Morgan fingerprint density at radius 1 is 0.182 bits per heavy atom. The summed E-state index contributed by atoms with van der Waals surface area (Å²) in [6, 6.07) is 69.0. The van der Waals surface area contributed by atoms with Gasteiger partial charge in [0.25, 0.3) is 0 Å². The van der Waals surface area contributed by atoms with Gasteiger partial charge >= 0.3 is 0 Å². The Balaban J connectivity index is 0.000000119. The normalized spacial score (nSPS) is 13.2. The number of carbonyl (C=O) groups is 2. The topological polar surface area (TPSA) is 34.1 Å². The van der Waals surface area contributed by atoms with Crippen LogP contribution in [0.2, 0.25) is 0 Å². The van der Waals surface area contributed by atoms with E-state index >= 15 is 0 Å². The second-order valence-corrected chi connectivity index (χ2v) is 18.5. The van der Waals surface area contributed by atoms with Gasteiger partial charge in [0, 0.05) is 33.0 Å². The Hall–Kier alpha value is -8.72. The number of carbonyl (C=O) groups excluding carboxylic acids is 2. The van der Waals surface area contributed by atoms with Crippen LogP contribution in [0, 0.1) is 0 Å². The second kappa shape index (κ2) is 12.1. The van der Waals surface area contributed by atoms with Crippen LogP contribution in [0.25, 0.3) is 141 Å². The van der Waals surface area contributed by atoms with Crippen molar-refractivity contribution >= 4 is 130 Å². The highest BCUT2D eigenvalue weighted by Gasteiger charge is 2.30. The van der Waals surface area contributed by atoms with Gasteiger partial charge in [-0.25, -0.2) is 0 Å². The minimum atomic E-state index is 0.0834. The lowest BCUT2D eigenvalue weighted by Gasteiger charge is -2.25. The zero-order valence-electron chi connectivity index (χ0n) is 35.3. The highest BCUT2D eigenvalue weighted by molar-refractivity contribution is 6.43. The van der Waals surface area contributed by atoms with Gasteiger partial charge in [-0.2, -0.15) is 0 Å². The van der Waals surface area contributed by atoms with Crippen molar-refractivity contribution in [2.75, 3.05) is 0 Å². The Labute approximate surface area is 376 Å². The largest absolute Gasteiger partial charge is 0.289 e. The average Bonchev–Trinajstić information content (AvgIpc) is 3.37. The van der Waals surface area contributed by atoms with Crippen LogP contribution in [0.15, 0.2) is 194 Å². The van der Waals surface area contributed by atoms with Gasteiger partial charge < -0.3 is 0 Å². The molecule has 2 aliphatic carbocycles. The van der Waals surface area contributed by atoms with Gasteiger partial charge in [0.2, 0.25) is 0 Å². The van der Waals surface area contributed by atoms with Gasteiger partial charge in [0.1, 0.15) is 0 Å². The van der Waals surface area contributed by atoms with E-state index in [1.807, 2.05) is 60.7 Å². The highest BCUT2D eigenvalue weighted by Crippen LogP contribution is 2.51. The van der Waals surface area contributed by atoms with Crippen LogP contribution in [-0.2, 0) is 0 Å². The summed E-state index contributed by atoms with van der Waals surface area (Å²) in [6.07, 6.45) is 0. The fourth-order valence-electron chi connectivity index (χ4n) is 12.7. The first kappa shape index (κ1) is 34.7. The van der Waals surface area contributed by atoms with Crippen molar-refractivity contribution in [1.29, 1.82) is 0 Å². The summed E-state index contributed by atoms with van der Waals surface area (Å²) in [6.45, 7) is 0. The number of hydrogen-bond donors (Lipinski definition) is 0. The van der Waals surface area contributed by atoms with Gasteiger partial charge in [0.05, 0.1) is 0 Å². The molecule has 0 heterocycles. The van der Waals surface area contributed by atoms with E-state index in [0.29, 0.717) is 0 Å². The molecule has 0 atom stereocenters. The van der Waals surface area contributed by atoms with Crippen molar-refractivity contribution in [3.8, 4) is 22.3 Å². The van der Waals surface area contributed by atoms with Crippen LogP contribution < -0.4 is 0 Å². The van der Waals surface area contributed by atoms with Crippen LogP contribution in [0.4, 0.5) is 0 Å². The molecule has 2 nitrogen and oxygen atoms in total. The van der Waals surface area contributed by atoms with Crippen LogP contribution in [0.5, 0.6) is 0 Å². The Morgan fingerprint density at radius 3 is 0.955 bits per heavy atom. The molecule has 0 amide bonds. The molecule has 0 saturated heterocycles. The summed E-state index contributed by atoms with van der Waals surface area (Å²) in [5, 5.41) is 27.9. The van der Waals surface area contributed by atoms with E-state index < -0.39 is 0 Å². The van der Waals surface area contributed by atoms with E-state index in [9.17, 15) is 9.59 Å². The molecule has 0 bridgehead atoms. The van der Waals surface area contributed by atoms with Crippen molar-refractivity contribution in [1.82, 2.24) is 0 Å². The van der Waals surface area contributed by atoms with Crippen LogP contribution in [0.1, 0.15) is 31.8 Å². The highest BCUT2D eigenvalue weighted by atomic mass is 16.1. The lowest BCUT2D eigenvalue weighted by Crippen LogP contribution is -2.11. The fraction of sp³-hybridized carbons (Fsp3) is 0. The monoisotopic (exact) mass is 832 g/mol. The van der Waals surface area contributed by atoms with Gasteiger partial charge in [-0.3, -0.25) is 9.59 Å². The van der Waals surface area contributed by atoms with Gasteiger partial charge in [-0.1, -0.05) is 158 Å². The molecule has 2 aliphatic rings. The minimum absolute atomic E-state index is 0.0834. The maximum absolute atomic E-state index is 13.5. The third-order valence-corrected chi connectivity index (χ3v) is 15.4. The molecule has 0 radical (unpaired) electrons. The average molecular weight is 833 g/mol. The molecule has 300 valence electrons. The van der Waals surface area contributed by atoms with E-state index in [0.717, 1.165) is 87.6 Å². The maximum Gasteiger partial charge on any atom is 0.194 e. The van der Waals surface area contributed by atoms with E-state index in [1.165, 1.54) is 75.4 Å². The van der Waals surface area contributed by atoms with Crippen molar-refractivity contribution in [3.63, 3.8) is 0 Å². The maximum atomic E-state index is 13.5. The fourth-order valence-corrected chi connectivity index (χ4v) is 12.7. The van der Waals surface area contributed by atoms with Crippen LogP contribution in [-0.4, -0.2) is 11.6 Å². The summed E-state index contributed by atoms with van der Waals surface area (Å²) in [5.74, 6) is 0.167. The lowest BCUT2D eigenvalue weighted by molar-refractivity contribution is 0.103. The quantitative estimate of drug-likeness (QED) is 0.113. The molecule has 66 heavy (non-hydrogen) atoms. The Morgan fingerprint density at radius 2 is 0.530 bits per heavy atom. The Kier molecular flexibility index (Phi) is 6.36. The third-order valence-electron chi connectivity index (χ3n) is 15.4. The predicted molar refractivity (Wildman–Crippen MR) is 277 cm³/mol. The molecular formula is C64H32O2. The van der Waals surface area contributed by atoms with Crippen molar-refractivity contribution in [2.24, 2.45) is 0 Å². The zero-order chi connectivity index (χ0) is 43.1. The van der Waals surface area contributed by atoms with Crippen molar-refractivity contribution in [3.05, 3.63) is 216 Å².